The molecule has 0 aliphatic heterocycles. The second-order valence-corrected chi connectivity index (χ2v) is 4.07. The normalized spacial score (nSPS) is 24.5. The molecule has 8 heteroatoms. The summed E-state index contributed by atoms with van der Waals surface area (Å²) in [6.45, 7) is 0. The molecule has 117 valence electrons. The Morgan fingerprint density at radius 1 is 1.09 bits per heavy atom. The van der Waals surface area contributed by atoms with Crippen molar-refractivity contribution in [3.8, 4) is 23.7 Å². The van der Waals surface area contributed by atoms with Crippen molar-refractivity contribution in [1.82, 2.24) is 0 Å². The molecular formula is C15H14O3V5. The fourth-order valence-corrected chi connectivity index (χ4v) is 2.09. The van der Waals surface area contributed by atoms with Gasteiger partial charge in [-0.3, -0.25) is 4.79 Å². The van der Waals surface area contributed by atoms with Crippen molar-refractivity contribution in [2.75, 3.05) is 14.2 Å². The second kappa shape index (κ2) is 15.4. The number of carbonyl (C=O) groups is 1. The first-order valence-electron chi connectivity index (χ1n) is 5.75. The van der Waals surface area contributed by atoms with E-state index in [4.69, 9.17) is 9.47 Å². The van der Waals surface area contributed by atoms with Crippen LogP contribution < -0.4 is 0 Å². The molecule has 2 rings (SSSR count). The van der Waals surface area contributed by atoms with Crippen LogP contribution in [0.2, 0.25) is 0 Å². The third-order valence-corrected chi connectivity index (χ3v) is 3.09. The molecule has 0 aromatic heterocycles. The van der Waals surface area contributed by atoms with Gasteiger partial charge in [0, 0.05) is 113 Å². The fourth-order valence-electron chi connectivity index (χ4n) is 2.09. The van der Waals surface area contributed by atoms with Gasteiger partial charge >= 0.3 is 0 Å². The number of carbonyl (C=O) groups excluding carboxylic acids is 1. The summed E-state index contributed by atoms with van der Waals surface area (Å²) < 4.78 is 10.7. The van der Waals surface area contributed by atoms with Gasteiger partial charge in [-0.05, 0) is 25.0 Å². The van der Waals surface area contributed by atoms with E-state index >= 15 is 0 Å². The maximum absolute atomic E-state index is 12.5. The Kier molecular flexibility index (Phi) is 21.3. The number of ketones is 1. The Hall–Kier alpha value is 1.11. The summed E-state index contributed by atoms with van der Waals surface area (Å²) in [6.07, 6.45) is 5.92. The first-order chi connectivity index (χ1) is 8.73. The SMILES string of the molecule is COC1C#C/C=C\C#CC2(OC)CCC=C1C2=O.[V].[V].[V].[V].[V]. The molecule has 2 aliphatic rings. The zero-order valence-corrected chi connectivity index (χ0v) is 19.7. The van der Waals surface area contributed by atoms with Crippen molar-refractivity contribution in [3.05, 3.63) is 23.8 Å². The van der Waals surface area contributed by atoms with Crippen LogP contribution in [0, 0.1) is 23.7 Å². The maximum Gasteiger partial charge on any atom is 0.206 e. The first kappa shape index (κ1) is 31.8. The largest absolute Gasteiger partial charge is 0.364 e. The van der Waals surface area contributed by atoms with Gasteiger partial charge in [-0.25, -0.2) is 0 Å². The molecule has 2 atom stereocenters. The Morgan fingerprint density at radius 2 is 1.70 bits per heavy atom. The van der Waals surface area contributed by atoms with E-state index in [1.807, 2.05) is 6.08 Å². The van der Waals surface area contributed by atoms with Gasteiger partial charge in [-0.15, -0.1) is 0 Å². The smallest absolute Gasteiger partial charge is 0.206 e. The number of rotatable bonds is 2. The molecule has 0 spiro atoms. The van der Waals surface area contributed by atoms with E-state index in [-0.39, 0.29) is 98.6 Å². The predicted molar refractivity (Wildman–Crippen MR) is 67.6 cm³/mol. The summed E-state index contributed by atoms with van der Waals surface area (Å²) in [4.78, 5) is 12.5. The average Bonchev–Trinajstić information content (AvgIpc) is 2.39. The number of hydrogen-bond donors (Lipinski definition) is 0. The van der Waals surface area contributed by atoms with Gasteiger partial charge in [-0.1, -0.05) is 29.8 Å². The van der Waals surface area contributed by atoms with Crippen LogP contribution in [0.1, 0.15) is 12.8 Å². The van der Waals surface area contributed by atoms with Crippen molar-refractivity contribution >= 4 is 5.78 Å². The minimum Gasteiger partial charge on any atom is -0.364 e. The summed E-state index contributed by atoms with van der Waals surface area (Å²) in [7, 11) is 3.05. The van der Waals surface area contributed by atoms with E-state index in [0.29, 0.717) is 12.0 Å². The van der Waals surface area contributed by atoms with Crippen LogP contribution in [0.25, 0.3) is 0 Å². The third kappa shape index (κ3) is 7.48. The van der Waals surface area contributed by atoms with Gasteiger partial charge in [-0.2, -0.15) is 0 Å². The summed E-state index contributed by atoms with van der Waals surface area (Å²) >= 11 is 0. The summed E-state index contributed by atoms with van der Waals surface area (Å²) in [5.41, 5.74) is -0.507. The van der Waals surface area contributed by atoms with Gasteiger partial charge in [0.2, 0.25) is 5.78 Å². The average molecular weight is 497 g/mol. The van der Waals surface area contributed by atoms with Crippen LogP contribution in [0.5, 0.6) is 0 Å². The number of ether oxygens (including phenoxy) is 2. The zero-order chi connectivity index (χ0) is 13.0. The molecule has 5 radical (unpaired) electrons. The van der Waals surface area contributed by atoms with Crippen molar-refractivity contribution in [2.45, 2.75) is 24.5 Å². The number of Topliss-reactive ketones (excluding diaryl/α,β-unsaturated/α-hetero) is 1. The van der Waals surface area contributed by atoms with E-state index in [2.05, 4.69) is 23.7 Å². The zero-order valence-electron chi connectivity index (χ0n) is 12.7. The number of hydrogen-bond acceptors (Lipinski definition) is 3. The molecule has 0 aromatic carbocycles. The van der Waals surface area contributed by atoms with Crippen LogP contribution in [0.15, 0.2) is 23.8 Å². The number of methoxy groups -OCH3 is 2. The monoisotopic (exact) mass is 497 g/mol. The van der Waals surface area contributed by atoms with Crippen LogP contribution in [0.3, 0.4) is 0 Å². The molecular weight excluding hydrogens is 483 g/mol. The molecule has 0 N–H and O–H groups in total. The van der Waals surface area contributed by atoms with Crippen molar-refractivity contribution in [1.29, 1.82) is 0 Å². The molecule has 0 saturated carbocycles. The molecule has 2 bridgehead atoms. The predicted octanol–water partition coefficient (Wildman–Crippen LogP) is 1.24. The van der Waals surface area contributed by atoms with Gasteiger partial charge < -0.3 is 9.47 Å². The van der Waals surface area contributed by atoms with E-state index in [1.54, 1.807) is 12.2 Å². The van der Waals surface area contributed by atoms with E-state index < -0.39 is 11.7 Å². The second-order valence-electron chi connectivity index (χ2n) is 4.07. The minimum atomic E-state index is -1.05. The quantitative estimate of drug-likeness (QED) is 0.540. The van der Waals surface area contributed by atoms with Gasteiger partial charge in [0.1, 0.15) is 6.10 Å². The Morgan fingerprint density at radius 3 is 2.26 bits per heavy atom. The number of fused-ring (bicyclic) bond motifs is 2. The Balaban J connectivity index is -0.000000361. The van der Waals surface area contributed by atoms with Crippen LogP contribution >= 0.6 is 0 Å². The van der Waals surface area contributed by atoms with Crippen molar-refractivity contribution in [2.24, 2.45) is 0 Å². The molecule has 0 saturated heterocycles. The van der Waals surface area contributed by atoms with Crippen molar-refractivity contribution < 1.29 is 107 Å². The topological polar surface area (TPSA) is 35.5 Å². The first-order valence-corrected chi connectivity index (χ1v) is 5.75. The molecule has 0 fully saturated rings. The summed E-state index contributed by atoms with van der Waals surface area (Å²) in [6, 6.07) is 0. The Bertz CT molecular complexity index is 551. The van der Waals surface area contributed by atoms with Crippen LogP contribution in [0.4, 0.5) is 0 Å². The summed E-state index contributed by atoms with van der Waals surface area (Å²) in [5.74, 6) is 11.3. The van der Waals surface area contributed by atoms with Gasteiger partial charge in [0.25, 0.3) is 0 Å². The van der Waals surface area contributed by atoms with Crippen LogP contribution in [-0.4, -0.2) is 31.7 Å². The van der Waals surface area contributed by atoms with Crippen LogP contribution in [-0.2, 0) is 107 Å². The number of allylic oxidation sites excluding steroid dienone is 3. The van der Waals surface area contributed by atoms with E-state index in [0.717, 1.165) is 6.42 Å². The molecule has 23 heavy (non-hydrogen) atoms. The molecule has 3 nitrogen and oxygen atoms in total. The molecule has 0 aromatic rings. The van der Waals surface area contributed by atoms with E-state index in [1.165, 1.54) is 14.2 Å². The molecule has 0 heterocycles. The van der Waals surface area contributed by atoms with Gasteiger partial charge in [0.15, 0.2) is 5.60 Å². The van der Waals surface area contributed by atoms with E-state index in [9.17, 15) is 4.79 Å². The standard InChI is InChI=1S/C15H14O3.5V/c1-17-13-9-5-3-4-6-10-15(18-2)11-7-8-12(13)14(15)16;;;;;/h3-4,8,13H,7,11H2,1-2H3;;;;;/b4-3-;;;;;. The Labute approximate surface area is 197 Å². The molecule has 2 aliphatic carbocycles. The van der Waals surface area contributed by atoms with Crippen molar-refractivity contribution in [3.63, 3.8) is 0 Å². The molecule has 2 unspecified atom stereocenters. The molecule has 0 amide bonds. The minimum absolute atomic E-state index is 0. The third-order valence-electron chi connectivity index (χ3n) is 3.09. The summed E-state index contributed by atoms with van der Waals surface area (Å²) in [5, 5.41) is 0. The fraction of sp³-hybridized carbons (Fsp3) is 0.400. The van der Waals surface area contributed by atoms with Gasteiger partial charge in [0.05, 0.1) is 0 Å². The maximum atomic E-state index is 12.5.